The van der Waals surface area contributed by atoms with Crippen molar-refractivity contribution in [3.63, 3.8) is 0 Å². The summed E-state index contributed by atoms with van der Waals surface area (Å²) in [6, 6.07) is 5.49. The smallest absolute Gasteiger partial charge is 0.229 e. The number of thioether (sulfide) groups is 1. The fourth-order valence-electron chi connectivity index (χ4n) is 0.894. The number of nitrogens with zero attached hydrogens (tertiary/aromatic N) is 1. The minimum Gasteiger partial charge on any atom is -0.383 e. The average Bonchev–Trinajstić information content (AvgIpc) is 2.40. The molecule has 0 radical (unpaired) electrons. The number of carbonyl (C=O) groups is 2. The number of methoxy groups -OCH3 is 1. The Labute approximate surface area is 131 Å². The second-order valence-electron chi connectivity index (χ2n) is 3.24. The largest absolute Gasteiger partial charge is 0.383 e. The van der Waals surface area contributed by atoms with Crippen molar-refractivity contribution in [3.8, 4) is 0 Å². The number of alkyl halides is 1. The van der Waals surface area contributed by atoms with Crippen molar-refractivity contribution >= 4 is 45.4 Å². The standard InChI is InChI=1S/C7H7NOS.C5H10INO2/c1-6(9)10-7-4-2-3-5-8-7;1-9-3-2-7-5(8)4-6/h2-5H,1H3;2-4H2,1H3,(H,7,8). The van der Waals surface area contributed by atoms with E-state index in [1.54, 1.807) is 13.3 Å². The molecule has 7 heteroatoms. The number of hydrogen-bond donors (Lipinski definition) is 1. The number of carbonyl (C=O) groups excluding carboxylic acids is 2. The summed E-state index contributed by atoms with van der Waals surface area (Å²) in [7, 11) is 1.61. The second kappa shape index (κ2) is 12.4. The maximum atomic E-state index is 10.5. The van der Waals surface area contributed by atoms with Gasteiger partial charge in [0, 0.05) is 26.8 Å². The number of nitrogens with one attached hydrogen (secondary N) is 1. The summed E-state index contributed by atoms with van der Waals surface area (Å²) >= 11 is 3.16. The molecule has 0 bridgehead atoms. The second-order valence-corrected chi connectivity index (χ2v) is 5.20. The summed E-state index contributed by atoms with van der Waals surface area (Å²) in [5.41, 5.74) is 0. The molecule has 0 atom stereocenters. The predicted octanol–water partition coefficient (Wildman–Crippen LogP) is 1.90. The van der Waals surface area contributed by atoms with E-state index in [1.165, 1.54) is 6.92 Å². The summed E-state index contributed by atoms with van der Waals surface area (Å²) in [6.07, 6.45) is 1.67. The Kier molecular flexibility index (Phi) is 11.9. The normalized spacial score (nSPS) is 9.21. The van der Waals surface area contributed by atoms with Gasteiger partial charge in [0.05, 0.1) is 11.0 Å². The number of hydrogen-bond acceptors (Lipinski definition) is 5. The van der Waals surface area contributed by atoms with Crippen LogP contribution in [0.15, 0.2) is 29.4 Å². The Bertz CT molecular complexity index is 376. The van der Waals surface area contributed by atoms with Gasteiger partial charge in [0.1, 0.15) is 5.03 Å². The van der Waals surface area contributed by atoms with Gasteiger partial charge in [-0.25, -0.2) is 4.98 Å². The van der Waals surface area contributed by atoms with Gasteiger partial charge in [0.25, 0.3) is 0 Å². The molecule has 5 nitrogen and oxygen atoms in total. The Morgan fingerprint density at radius 1 is 1.47 bits per heavy atom. The first-order valence-corrected chi connectivity index (χ1v) is 7.85. The van der Waals surface area contributed by atoms with Crippen LogP contribution in [0.3, 0.4) is 0 Å². The monoisotopic (exact) mass is 396 g/mol. The highest BCUT2D eigenvalue weighted by atomic mass is 127. The predicted molar refractivity (Wildman–Crippen MR) is 84.5 cm³/mol. The third-order valence-electron chi connectivity index (χ3n) is 1.64. The Balaban J connectivity index is 0.000000344. The van der Waals surface area contributed by atoms with Crippen LogP contribution in [0.5, 0.6) is 0 Å². The van der Waals surface area contributed by atoms with Crippen LogP contribution in [-0.4, -0.2) is 40.7 Å². The lowest BCUT2D eigenvalue weighted by Crippen LogP contribution is -2.27. The maximum Gasteiger partial charge on any atom is 0.229 e. The zero-order valence-electron chi connectivity index (χ0n) is 10.9. The van der Waals surface area contributed by atoms with Gasteiger partial charge in [-0.3, -0.25) is 9.59 Å². The fraction of sp³-hybridized carbons (Fsp3) is 0.417. The minimum atomic E-state index is 0.0626. The van der Waals surface area contributed by atoms with Crippen molar-refractivity contribution in [1.29, 1.82) is 0 Å². The highest BCUT2D eigenvalue weighted by Crippen LogP contribution is 2.13. The lowest BCUT2D eigenvalue weighted by Gasteiger charge is -1.99. The zero-order chi connectivity index (χ0) is 14.5. The number of rotatable bonds is 5. The first kappa shape index (κ1) is 18.3. The van der Waals surface area contributed by atoms with Gasteiger partial charge < -0.3 is 10.1 Å². The SMILES string of the molecule is CC(=O)Sc1ccccn1.COCCNC(=O)CI. The molecule has 0 aliphatic carbocycles. The molecule has 0 fully saturated rings. The average molecular weight is 396 g/mol. The molecule has 1 rings (SSSR count). The van der Waals surface area contributed by atoms with Crippen LogP contribution in [-0.2, 0) is 14.3 Å². The molecule has 0 aromatic carbocycles. The van der Waals surface area contributed by atoms with Gasteiger partial charge >= 0.3 is 0 Å². The van der Waals surface area contributed by atoms with Crippen LogP contribution in [0.2, 0.25) is 0 Å². The van der Waals surface area contributed by atoms with Gasteiger partial charge in [-0.2, -0.15) is 0 Å². The van der Waals surface area contributed by atoms with Crippen LogP contribution in [0.1, 0.15) is 6.92 Å². The Hall–Kier alpha value is -0.670. The van der Waals surface area contributed by atoms with Crippen LogP contribution < -0.4 is 5.32 Å². The molecular formula is C12H17IN2O3S. The van der Waals surface area contributed by atoms with E-state index in [4.69, 9.17) is 4.74 Å². The van der Waals surface area contributed by atoms with E-state index >= 15 is 0 Å². The fourth-order valence-corrected chi connectivity index (χ4v) is 1.72. The van der Waals surface area contributed by atoms with E-state index in [0.29, 0.717) is 17.6 Å². The van der Waals surface area contributed by atoms with Crippen molar-refractivity contribution < 1.29 is 14.3 Å². The first-order chi connectivity index (χ1) is 9.10. The quantitative estimate of drug-likeness (QED) is 0.357. The van der Waals surface area contributed by atoms with Gasteiger partial charge in [-0.05, 0) is 23.9 Å². The molecular weight excluding hydrogens is 379 g/mol. The van der Waals surface area contributed by atoms with Crippen LogP contribution in [0.4, 0.5) is 0 Å². The molecule has 1 aromatic rings. The van der Waals surface area contributed by atoms with E-state index in [1.807, 2.05) is 40.8 Å². The topological polar surface area (TPSA) is 68.3 Å². The molecule has 0 unspecified atom stereocenters. The van der Waals surface area contributed by atoms with Gasteiger partial charge in [0.15, 0.2) is 5.12 Å². The van der Waals surface area contributed by atoms with E-state index < -0.39 is 0 Å². The zero-order valence-corrected chi connectivity index (χ0v) is 13.9. The lowest BCUT2D eigenvalue weighted by atomic mass is 10.5. The van der Waals surface area contributed by atoms with Crippen molar-refractivity contribution in [1.82, 2.24) is 10.3 Å². The number of halogens is 1. The Morgan fingerprint density at radius 3 is 2.68 bits per heavy atom. The maximum absolute atomic E-state index is 10.5. The first-order valence-electron chi connectivity index (χ1n) is 5.51. The Morgan fingerprint density at radius 2 is 2.21 bits per heavy atom. The lowest BCUT2D eigenvalue weighted by molar-refractivity contribution is -0.118. The summed E-state index contributed by atoms with van der Waals surface area (Å²) < 4.78 is 5.23. The van der Waals surface area contributed by atoms with Crippen LogP contribution >= 0.6 is 34.4 Å². The van der Waals surface area contributed by atoms with E-state index in [-0.39, 0.29) is 11.0 Å². The summed E-state index contributed by atoms with van der Waals surface area (Å²) in [4.78, 5) is 25.0. The molecule has 1 aromatic heterocycles. The minimum absolute atomic E-state index is 0.0626. The van der Waals surface area contributed by atoms with Crippen molar-refractivity contribution in [2.24, 2.45) is 0 Å². The molecule has 19 heavy (non-hydrogen) atoms. The van der Waals surface area contributed by atoms with Crippen LogP contribution in [0.25, 0.3) is 0 Å². The summed E-state index contributed by atoms with van der Waals surface area (Å²) in [5, 5.41) is 3.49. The molecule has 0 saturated heterocycles. The molecule has 106 valence electrons. The van der Waals surface area contributed by atoms with E-state index in [2.05, 4.69) is 10.3 Å². The molecule has 0 aliphatic rings. The highest BCUT2D eigenvalue weighted by Gasteiger charge is 1.96. The molecule has 0 spiro atoms. The highest BCUT2D eigenvalue weighted by molar-refractivity contribution is 14.1. The van der Waals surface area contributed by atoms with Gasteiger partial charge in [-0.15, -0.1) is 0 Å². The summed E-state index contributed by atoms with van der Waals surface area (Å²) in [5.74, 6) is 0.0626. The van der Waals surface area contributed by atoms with Crippen molar-refractivity contribution in [2.45, 2.75) is 11.9 Å². The van der Waals surface area contributed by atoms with Gasteiger partial charge in [-0.1, -0.05) is 28.7 Å². The third kappa shape index (κ3) is 12.1. The molecule has 0 saturated carbocycles. The molecule has 1 N–H and O–H groups in total. The molecule has 1 heterocycles. The third-order valence-corrected chi connectivity index (χ3v) is 3.07. The number of amides is 1. The van der Waals surface area contributed by atoms with Gasteiger partial charge in [0.2, 0.25) is 5.91 Å². The van der Waals surface area contributed by atoms with E-state index in [9.17, 15) is 9.59 Å². The number of ether oxygens (including phenoxy) is 1. The number of pyridine rings is 1. The van der Waals surface area contributed by atoms with Crippen molar-refractivity contribution in [3.05, 3.63) is 24.4 Å². The number of aromatic nitrogens is 1. The molecule has 0 aliphatic heterocycles. The van der Waals surface area contributed by atoms with E-state index in [0.717, 1.165) is 16.8 Å². The molecule has 1 amide bonds. The summed E-state index contributed by atoms with van der Waals surface area (Å²) in [6.45, 7) is 2.72. The van der Waals surface area contributed by atoms with Crippen molar-refractivity contribution in [2.75, 3.05) is 24.7 Å². The van der Waals surface area contributed by atoms with Crippen LogP contribution in [0, 0.1) is 0 Å².